The number of nitrogens with one attached hydrogen (secondary N) is 1. The van der Waals surface area contributed by atoms with Crippen LogP contribution < -0.4 is 5.43 Å². The molecule has 1 aliphatic rings. The molecule has 0 unspecified atom stereocenters. The minimum Gasteiger partial charge on any atom is -0.342 e. The summed E-state index contributed by atoms with van der Waals surface area (Å²) in [6.45, 7) is 0.400. The summed E-state index contributed by atoms with van der Waals surface area (Å²) in [7, 11) is 3.34. The van der Waals surface area contributed by atoms with E-state index in [-0.39, 0.29) is 6.04 Å². The van der Waals surface area contributed by atoms with Crippen molar-refractivity contribution in [2.75, 3.05) is 14.1 Å². The maximum atomic E-state index is 12.4. The van der Waals surface area contributed by atoms with Crippen molar-refractivity contribution < 1.29 is 14.1 Å². The van der Waals surface area contributed by atoms with Gasteiger partial charge in [0.15, 0.2) is 0 Å². The molecule has 1 heterocycles. The predicted molar refractivity (Wildman–Crippen MR) is 85.1 cm³/mol. The number of amides is 2. The van der Waals surface area contributed by atoms with Crippen LogP contribution in [0, 0.1) is 0 Å². The molecule has 0 atom stereocenters. The number of hydrogen-bond donors (Lipinski definition) is 1. The summed E-state index contributed by atoms with van der Waals surface area (Å²) in [5, 5.41) is 5.25. The summed E-state index contributed by atoms with van der Waals surface area (Å²) >= 11 is 0. The lowest BCUT2D eigenvalue weighted by Gasteiger charge is -2.23. The highest BCUT2D eigenvalue weighted by Gasteiger charge is 2.35. The van der Waals surface area contributed by atoms with E-state index in [1.165, 1.54) is 11.4 Å². The molecule has 1 aromatic heterocycles. The number of carbonyl (C=O) groups is 2. The highest BCUT2D eigenvalue weighted by molar-refractivity contribution is 6.34. The molecule has 3 rings (SSSR count). The van der Waals surface area contributed by atoms with Crippen LogP contribution in [0.2, 0.25) is 0 Å². The molecule has 8 heteroatoms. The smallest absolute Gasteiger partial charge is 0.323 e. The Morgan fingerprint density at radius 3 is 2.50 bits per heavy atom. The molecular formula is C16H19N5O3. The summed E-state index contributed by atoms with van der Waals surface area (Å²) in [5.74, 6) is -0.606. The van der Waals surface area contributed by atoms with Gasteiger partial charge in [-0.15, -0.1) is 0 Å². The summed E-state index contributed by atoms with van der Waals surface area (Å²) < 4.78 is 4.73. The fourth-order valence-electron chi connectivity index (χ4n) is 2.39. The molecule has 0 spiro atoms. The zero-order chi connectivity index (χ0) is 17.1. The van der Waals surface area contributed by atoms with Gasteiger partial charge in [0, 0.05) is 32.2 Å². The molecule has 0 bridgehead atoms. The van der Waals surface area contributed by atoms with Crippen LogP contribution in [-0.2, 0) is 16.1 Å². The number of rotatable bonds is 5. The molecule has 126 valence electrons. The normalized spacial score (nSPS) is 13.8. The van der Waals surface area contributed by atoms with E-state index in [0.29, 0.717) is 12.4 Å². The molecule has 0 radical (unpaired) electrons. The Bertz CT molecular complexity index is 708. The number of hydrogen-bond acceptors (Lipinski definition) is 6. The Morgan fingerprint density at radius 2 is 1.96 bits per heavy atom. The van der Waals surface area contributed by atoms with Gasteiger partial charge in [-0.05, 0) is 18.4 Å². The highest BCUT2D eigenvalue weighted by Crippen LogP contribution is 2.28. The molecule has 1 N–H and O–H groups in total. The standard InChI is InChI=1S/C16H19N5O3/c1-20(2)18-15(22)16(23)21(13-7-8-13)9-11-3-5-12(6-4-11)14-17-10-24-19-14/h3-6,10,13H,7-9H2,1-2H3,(H,18,22). The maximum absolute atomic E-state index is 12.4. The largest absolute Gasteiger partial charge is 0.342 e. The van der Waals surface area contributed by atoms with Crippen molar-refractivity contribution in [1.82, 2.24) is 25.5 Å². The second-order valence-corrected chi connectivity index (χ2v) is 5.95. The second-order valence-electron chi connectivity index (χ2n) is 5.95. The van der Waals surface area contributed by atoms with Crippen molar-refractivity contribution in [3.05, 3.63) is 36.2 Å². The molecule has 1 saturated carbocycles. The molecule has 1 aliphatic carbocycles. The average molecular weight is 329 g/mol. The van der Waals surface area contributed by atoms with E-state index >= 15 is 0 Å². The quantitative estimate of drug-likeness (QED) is 0.645. The van der Waals surface area contributed by atoms with Crippen molar-refractivity contribution in [2.24, 2.45) is 0 Å². The lowest BCUT2D eigenvalue weighted by Crippen LogP contribution is -2.47. The minimum absolute atomic E-state index is 0.141. The van der Waals surface area contributed by atoms with Crippen molar-refractivity contribution in [1.29, 1.82) is 0 Å². The first-order valence-electron chi connectivity index (χ1n) is 7.69. The van der Waals surface area contributed by atoms with E-state index in [1.54, 1.807) is 19.0 Å². The van der Waals surface area contributed by atoms with Crippen molar-refractivity contribution in [3.63, 3.8) is 0 Å². The van der Waals surface area contributed by atoms with Crippen LogP contribution >= 0.6 is 0 Å². The summed E-state index contributed by atoms with van der Waals surface area (Å²) in [4.78, 5) is 30.0. The third-order valence-corrected chi connectivity index (χ3v) is 3.69. The van der Waals surface area contributed by atoms with Crippen LogP contribution in [0.15, 0.2) is 35.2 Å². The van der Waals surface area contributed by atoms with Gasteiger partial charge in [-0.2, -0.15) is 4.98 Å². The van der Waals surface area contributed by atoms with Crippen LogP contribution in [0.1, 0.15) is 18.4 Å². The second kappa shape index (κ2) is 6.79. The predicted octanol–water partition coefficient (Wildman–Crippen LogP) is 0.820. The van der Waals surface area contributed by atoms with Gasteiger partial charge in [-0.25, -0.2) is 5.01 Å². The molecule has 24 heavy (non-hydrogen) atoms. The zero-order valence-electron chi connectivity index (χ0n) is 13.6. The Morgan fingerprint density at radius 1 is 1.25 bits per heavy atom. The fourth-order valence-corrected chi connectivity index (χ4v) is 2.39. The Balaban J connectivity index is 1.69. The lowest BCUT2D eigenvalue weighted by molar-refractivity contribution is -0.148. The minimum atomic E-state index is -0.615. The molecule has 1 aromatic carbocycles. The average Bonchev–Trinajstić information content (AvgIpc) is 3.25. The number of hydrazine groups is 1. The Labute approximate surface area is 139 Å². The van der Waals surface area contributed by atoms with Gasteiger partial charge in [-0.1, -0.05) is 29.4 Å². The van der Waals surface area contributed by atoms with Gasteiger partial charge in [-0.3, -0.25) is 15.0 Å². The molecule has 0 aliphatic heterocycles. The van der Waals surface area contributed by atoms with Gasteiger partial charge in [0.1, 0.15) is 0 Å². The molecule has 2 amide bonds. The summed E-state index contributed by atoms with van der Waals surface area (Å²) in [6.07, 6.45) is 3.14. The van der Waals surface area contributed by atoms with Crippen LogP contribution in [0.25, 0.3) is 11.4 Å². The van der Waals surface area contributed by atoms with E-state index in [4.69, 9.17) is 4.52 Å². The zero-order valence-corrected chi connectivity index (χ0v) is 13.6. The third-order valence-electron chi connectivity index (χ3n) is 3.69. The van der Waals surface area contributed by atoms with E-state index in [9.17, 15) is 9.59 Å². The topological polar surface area (TPSA) is 91.6 Å². The molecule has 1 fully saturated rings. The lowest BCUT2D eigenvalue weighted by atomic mass is 10.1. The van der Waals surface area contributed by atoms with Crippen LogP contribution in [0.5, 0.6) is 0 Å². The van der Waals surface area contributed by atoms with Gasteiger partial charge in [0.2, 0.25) is 12.2 Å². The van der Waals surface area contributed by atoms with E-state index in [1.807, 2.05) is 24.3 Å². The first kappa shape index (κ1) is 16.1. The van der Waals surface area contributed by atoms with Gasteiger partial charge in [0.25, 0.3) is 0 Å². The molecule has 0 saturated heterocycles. The molecule has 2 aromatic rings. The molecule has 8 nitrogen and oxygen atoms in total. The number of carbonyl (C=O) groups excluding carboxylic acids is 2. The Kier molecular flexibility index (Phi) is 4.57. The van der Waals surface area contributed by atoms with E-state index in [0.717, 1.165) is 24.0 Å². The van der Waals surface area contributed by atoms with Crippen LogP contribution in [0.4, 0.5) is 0 Å². The SMILES string of the molecule is CN(C)NC(=O)C(=O)N(Cc1ccc(-c2ncon2)cc1)C1CC1. The number of nitrogens with zero attached hydrogens (tertiary/aromatic N) is 4. The van der Waals surface area contributed by atoms with Crippen LogP contribution in [-0.4, -0.2) is 52.0 Å². The number of aromatic nitrogens is 2. The monoisotopic (exact) mass is 329 g/mol. The van der Waals surface area contributed by atoms with Crippen LogP contribution in [0.3, 0.4) is 0 Å². The van der Waals surface area contributed by atoms with Crippen molar-refractivity contribution >= 4 is 11.8 Å². The summed E-state index contributed by atoms with van der Waals surface area (Å²) in [6, 6.07) is 7.68. The fraction of sp³-hybridized carbons (Fsp3) is 0.375. The first-order valence-corrected chi connectivity index (χ1v) is 7.69. The molecular weight excluding hydrogens is 310 g/mol. The van der Waals surface area contributed by atoms with E-state index in [2.05, 4.69) is 15.6 Å². The third kappa shape index (κ3) is 3.77. The van der Waals surface area contributed by atoms with Gasteiger partial charge < -0.3 is 9.42 Å². The maximum Gasteiger partial charge on any atom is 0.323 e. The Hall–Kier alpha value is -2.74. The summed E-state index contributed by atoms with van der Waals surface area (Å²) in [5.41, 5.74) is 4.28. The highest BCUT2D eigenvalue weighted by atomic mass is 16.5. The number of benzene rings is 1. The van der Waals surface area contributed by atoms with E-state index < -0.39 is 11.8 Å². The van der Waals surface area contributed by atoms with Gasteiger partial charge >= 0.3 is 11.8 Å². The van der Waals surface area contributed by atoms with Gasteiger partial charge in [0.05, 0.1) is 0 Å². The van der Waals surface area contributed by atoms with Crippen molar-refractivity contribution in [2.45, 2.75) is 25.4 Å². The first-order chi connectivity index (χ1) is 11.5. The van der Waals surface area contributed by atoms with Crippen molar-refractivity contribution in [3.8, 4) is 11.4 Å².